The molecule has 0 radical (unpaired) electrons. The number of hydrogen-bond acceptors (Lipinski definition) is 3. The van der Waals surface area contributed by atoms with Crippen LogP contribution < -0.4 is 5.32 Å². The summed E-state index contributed by atoms with van der Waals surface area (Å²) in [7, 11) is 0. The Labute approximate surface area is 130 Å². The number of amides is 1. The minimum Gasteiger partial charge on any atom is -0.466 e. The highest BCUT2D eigenvalue weighted by Crippen LogP contribution is 2.42. The van der Waals surface area contributed by atoms with Crippen LogP contribution in [-0.2, 0) is 10.4 Å². The van der Waals surface area contributed by atoms with E-state index in [-0.39, 0.29) is 18.4 Å². The van der Waals surface area contributed by atoms with Gasteiger partial charge in [0.15, 0.2) is 0 Å². The topological polar surface area (TPSA) is 62.5 Å². The summed E-state index contributed by atoms with van der Waals surface area (Å²) >= 11 is 0. The predicted molar refractivity (Wildman–Crippen MR) is 83.2 cm³/mol. The normalized spacial score (nSPS) is 18.5. The van der Waals surface area contributed by atoms with Crippen molar-refractivity contribution in [1.29, 1.82) is 0 Å². The molecule has 1 aromatic carbocycles. The second-order valence-corrected chi connectivity index (χ2v) is 6.19. The summed E-state index contributed by atoms with van der Waals surface area (Å²) in [5, 5.41) is 13.3. The quantitative estimate of drug-likeness (QED) is 0.862. The molecule has 1 amide bonds. The Bertz CT molecular complexity index is 615. The number of rotatable bonds is 6. The first-order valence-electron chi connectivity index (χ1n) is 7.67. The lowest BCUT2D eigenvalue weighted by Crippen LogP contribution is -2.40. The first-order valence-corrected chi connectivity index (χ1v) is 7.67. The van der Waals surface area contributed by atoms with E-state index in [4.69, 9.17) is 4.42 Å². The molecule has 3 rings (SSSR count). The highest BCUT2D eigenvalue weighted by atomic mass is 16.4. The standard InChI is InChI=1S/C18H21NO3/c1-18(21,15-8-5-11-22-15)12-19-17(20)16(14-9-10-14)13-6-3-2-4-7-13/h2-8,11,14,16,21H,9-10,12H2,1H3,(H,19,20). The summed E-state index contributed by atoms with van der Waals surface area (Å²) in [4.78, 5) is 12.6. The van der Waals surface area contributed by atoms with Crippen molar-refractivity contribution in [2.75, 3.05) is 6.54 Å². The largest absolute Gasteiger partial charge is 0.466 e. The lowest BCUT2D eigenvalue weighted by Gasteiger charge is -2.23. The van der Waals surface area contributed by atoms with Crippen LogP contribution in [-0.4, -0.2) is 17.6 Å². The SMILES string of the molecule is CC(O)(CNC(=O)C(c1ccccc1)C1CC1)c1ccco1. The van der Waals surface area contributed by atoms with Crippen LogP contribution in [0.5, 0.6) is 0 Å². The van der Waals surface area contributed by atoms with Gasteiger partial charge in [0.25, 0.3) is 0 Å². The van der Waals surface area contributed by atoms with Gasteiger partial charge in [-0.15, -0.1) is 0 Å². The molecule has 2 unspecified atom stereocenters. The predicted octanol–water partition coefficient (Wildman–Crippen LogP) is 2.80. The molecule has 0 saturated heterocycles. The molecular weight excluding hydrogens is 278 g/mol. The molecule has 1 aliphatic carbocycles. The molecular formula is C18H21NO3. The van der Waals surface area contributed by atoms with Gasteiger partial charge in [-0.05, 0) is 43.4 Å². The van der Waals surface area contributed by atoms with E-state index in [0.717, 1.165) is 18.4 Å². The Morgan fingerprint density at radius 1 is 1.32 bits per heavy atom. The van der Waals surface area contributed by atoms with Gasteiger partial charge in [-0.25, -0.2) is 0 Å². The summed E-state index contributed by atoms with van der Waals surface area (Å²) in [6.45, 7) is 1.77. The summed E-state index contributed by atoms with van der Waals surface area (Å²) in [6.07, 6.45) is 3.69. The number of nitrogens with one attached hydrogen (secondary N) is 1. The molecule has 0 spiro atoms. The molecule has 2 aromatic rings. The van der Waals surface area contributed by atoms with Crippen LogP contribution >= 0.6 is 0 Å². The molecule has 0 bridgehead atoms. The Hall–Kier alpha value is -2.07. The Kier molecular flexibility index (Phi) is 4.03. The third-order valence-corrected chi connectivity index (χ3v) is 4.19. The fourth-order valence-corrected chi connectivity index (χ4v) is 2.77. The number of aliphatic hydroxyl groups is 1. The Morgan fingerprint density at radius 3 is 2.64 bits per heavy atom. The van der Waals surface area contributed by atoms with Gasteiger partial charge < -0.3 is 14.8 Å². The monoisotopic (exact) mass is 299 g/mol. The van der Waals surface area contributed by atoms with Crippen LogP contribution in [0.1, 0.15) is 37.0 Å². The minimum absolute atomic E-state index is 0.0273. The number of furan rings is 1. The van der Waals surface area contributed by atoms with Crippen LogP contribution in [0.25, 0.3) is 0 Å². The van der Waals surface area contributed by atoms with Gasteiger partial charge in [0.2, 0.25) is 5.91 Å². The Balaban J connectivity index is 1.68. The third kappa shape index (κ3) is 3.22. The van der Waals surface area contributed by atoms with Crippen molar-refractivity contribution in [3.63, 3.8) is 0 Å². The highest BCUT2D eigenvalue weighted by Gasteiger charge is 2.38. The van der Waals surface area contributed by atoms with Crippen molar-refractivity contribution >= 4 is 5.91 Å². The van der Waals surface area contributed by atoms with Gasteiger partial charge >= 0.3 is 0 Å². The fraction of sp³-hybridized carbons (Fsp3) is 0.389. The van der Waals surface area contributed by atoms with Crippen molar-refractivity contribution in [3.05, 3.63) is 60.1 Å². The van der Waals surface area contributed by atoms with Crippen molar-refractivity contribution < 1.29 is 14.3 Å². The van der Waals surface area contributed by atoms with Gasteiger partial charge in [0.1, 0.15) is 11.4 Å². The summed E-state index contributed by atoms with van der Waals surface area (Å²) in [5.41, 5.74) is -0.163. The van der Waals surface area contributed by atoms with E-state index in [1.54, 1.807) is 19.1 Å². The second kappa shape index (κ2) is 5.97. The van der Waals surface area contributed by atoms with Crippen molar-refractivity contribution in [1.82, 2.24) is 5.32 Å². The van der Waals surface area contributed by atoms with Gasteiger partial charge in [0.05, 0.1) is 18.7 Å². The molecule has 1 fully saturated rings. The Morgan fingerprint density at radius 2 is 2.05 bits per heavy atom. The van der Waals surface area contributed by atoms with Gasteiger partial charge in [-0.2, -0.15) is 0 Å². The average Bonchev–Trinajstić information content (AvgIpc) is 3.17. The van der Waals surface area contributed by atoms with Crippen LogP contribution in [0, 0.1) is 5.92 Å². The van der Waals surface area contributed by atoms with Gasteiger partial charge in [-0.3, -0.25) is 4.79 Å². The summed E-state index contributed by atoms with van der Waals surface area (Å²) in [6, 6.07) is 13.3. The molecule has 4 nitrogen and oxygen atoms in total. The van der Waals surface area contributed by atoms with Crippen molar-refractivity contribution in [3.8, 4) is 0 Å². The maximum absolute atomic E-state index is 12.6. The molecule has 1 heterocycles. The molecule has 4 heteroatoms. The first-order chi connectivity index (χ1) is 10.6. The van der Waals surface area contributed by atoms with E-state index in [2.05, 4.69) is 5.32 Å². The van der Waals surface area contributed by atoms with E-state index < -0.39 is 5.60 Å². The molecule has 22 heavy (non-hydrogen) atoms. The van der Waals surface area contributed by atoms with Crippen LogP contribution in [0.15, 0.2) is 53.1 Å². The summed E-state index contributed by atoms with van der Waals surface area (Å²) < 4.78 is 5.23. The molecule has 1 aliphatic rings. The zero-order valence-electron chi connectivity index (χ0n) is 12.7. The molecule has 2 atom stereocenters. The summed E-state index contributed by atoms with van der Waals surface area (Å²) in [5.74, 6) is 0.709. The average molecular weight is 299 g/mol. The molecule has 116 valence electrons. The number of carbonyl (C=O) groups is 1. The maximum atomic E-state index is 12.6. The zero-order chi connectivity index (χ0) is 15.6. The maximum Gasteiger partial charge on any atom is 0.227 e. The number of hydrogen-bond donors (Lipinski definition) is 2. The van der Waals surface area contributed by atoms with Gasteiger partial charge in [0, 0.05) is 0 Å². The highest BCUT2D eigenvalue weighted by molar-refractivity contribution is 5.84. The third-order valence-electron chi connectivity index (χ3n) is 4.19. The fourth-order valence-electron chi connectivity index (χ4n) is 2.77. The second-order valence-electron chi connectivity index (χ2n) is 6.19. The van der Waals surface area contributed by atoms with E-state index >= 15 is 0 Å². The van der Waals surface area contributed by atoms with E-state index in [1.165, 1.54) is 6.26 Å². The smallest absolute Gasteiger partial charge is 0.227 e. The molecule has 2 N–H and O–H groups in total. The van der Waals surface area contributed by atoms with Crippen LogP contribution in [0.3, 0.4) is 0 Å². The van der Waals surface area contributed by atoms with Crippen LogP contribution in [0.4, 0.5) is 0 Å². The first kappa shape index (κ1) is 14.9. The lowest BCUT2D eigenvalue weighted by molar-refractivity contribution is -0.124. The van der Waals surface area contributed by atoms with Crippen molar-refractivity contribution in [2.24, 2.45) is 5.92 Å². The molecule has 0 aliphatic heterocycles. The van der Waals surface area contributed by atoms with Gasteiger partial charge in [-0.1, -0.05) is 30.3 Å². The molecule has 1 saturated carbocycles. The number of carbonyl (C=O) groups excluding carboxylic acids is 1. The lowest BCUT2D eigenvalue weighted by atomic mass is 9.93. The van der Waals surface area contributed by atoms with E-state index in [1.807, 2.05) is 30.3 Å². The van der Waals surface area contributed by atoms with E-state index in [9.17, 15) is 9.90 Å². The molecule has 1 aromatic heterocycles. The van der Waals surface area contributed by atoms with Crippen LogP contribution in [0.2, 0.25) is 0 Å². The van der Waals surface area contributed by atoms with Crippen molar-refractivity contribution in [2.45, 2.75) is 31.3 Å². The van der Waals surface area contributed by atoms with E-state index in [0.29, 0.717) is 11.7 Å². The minimum atomic E-state index is -1.20. The zero-order valence-corrected chi connectivity index (χ0v) is 12.7. The number of benzene rings is 1.